The fourth-order valence-corrected chi connectivity index (χ4v) is 2.41. The van der Waals surface area contributed by atoms with E-state index in [1.54, 1.807) is 7.05 Å². The van der Waals surface area contributed by atoms with E-state index in [0.717, 1.165) is 17.5 Å². The van der Waals surface area contributed by atoms with Gasteiger partial charge in [0, 0.05) is 38.1 Å². The summed E-state index contributed by atoms with van der Waals surface area (Å²) in [5, 5.41) is 4.24. The molecule has 0 radical (unpaired) electrons. The molecule has 1 aliphatic rings. The Balaban J connectivity index is 0.00000180. The second-order valence-electron chi connectivity index (χ2n) is 5.09. The molecule has 3 nitrogen and oxygen atoms in total. The van der Waals surface area contributed by atoms with Crippen molar-refractivity contribution in [2.75, 3.05) is 27.7 Å². The highest BCUT2D eigenvalue weighted by Crippen LogP contribution is 2.48. The van der Waals surface area contributed by atoms with E-state index in [2.05, 4.69) is 22.4 Å². The maximum absolute atomic E-state index is 6.07. The molecule has 2 rings (SSSR count). The lowest BCUT2D eigenvalue weighted by molar-refractivity contribution is 0.559. The first-order valence-corrected chi connectivity index (χ1v) is 6.59. The van der Waals surface area contributed by atoms with Gasteiger partial charge in [-0.15, -0.1) is 24.0 Å². The van der Waals surface area contributed by atoms with Gasteiger partial charge in [-0.3, -0.25) is 4.99 Å². The van der Waals surface area contributed by atoms with Crippen LogP contribution in [0, 0.1) is 0 Å². The molecule has 0 aromatic heterocycles. The quantitative estimate of drug-likeness (QED) is 0.485. The van der Waals surface area contributed by atoms with Crippen molar-refractivity contribution >= 4 is 41.5 Å². The van der Waals surface area contributed by atoms with Crippen molar-refractivity contribution in [3.05, 3.63) is 34.9 Å². The van der Waals surface area contributed by atoms with Gasteiger partial charge in [-0.2, -0.15) is 0 Å². The number of halogens is 2. The number of hydrogen-bond acceptors (Lipinski definition) is 1. The van der Waals surface area contributed by atoms with Gasteiger partial charge in [0.2, 0.25) is 0 Å². The number of nitrogens with zero attached hydrogens (tertiary/aromatic N) is 2. The van der Waals surface area contributed by atoms with Gasteiger partial charge >= 0.3 is 0 Å². The minimum atomic E-state index is 0. The van der Waals surface area contributed by atoms with E-state index in [9.17, 15) is 0 Å². The third-order valence-corrected chi connectivity index (χ3v) is 3.75. The van der Waals surface area contributed by atoms with Crippen LogP contribution in [0.25, 0.3) is 0 Å². The van der Waals surface area contributed by atoms with E-state index in [4.69, 9.17) is 11.6 Å². The van der Waals surface area contributed by atoms with Crippen molar-refractivity contribution in [3.63, 3.8) is 0 Å². The molecule has 0 amide bonds. The van der Waals surface area contributed by atoms with Gasteiger partial charge < -0.3 is 10.2 Å². The number of nitrogens with one attached hydrogen (secondary N) is 1. The second kappa shape index (κ2) is 6.79. The SMILES string of the molecule is CN=C(NCC1(c2cccc(Cl)c2)CC1)N(C)C.I. The largest absolute Gasteiger partial charge is 0.355 e. The summed E-state index contributed by atoms with van der Waals surface area (Å²) in [6.07, 6.45) is 2.43. The molecule has 1 aromatic carbocycles. The fourth-order valence-electron chi connectivity index (χ4n) is 2.22. The van der Waals surface area contributed by atoms with Gasteiger partial charge in [0.25, 0.3) is 0 Å². The summed E-state index contributed by atoms with van der Waals surface area (Å²) in [5.74, 6) is 0.920. The standard InChI is InChI=1S/C14H20ClN3.HI/c1-16-13(18(2)3)17-10-14(7-8-14)11-5-4-6-12(15)9-11;/h4-6,9H,7-8,10H2,1-3H3,(H,16,17);1H. The maximum Gasteiger partial charge on any atom is 0.193 e. The number of guanidine groups is 1. The maximum atomic E-state index is 6.07. The van der Waals surface area contributed by atoms with Crippen LogP contribution in [-0.2, 0) is 5.41 Å². The lowest BCUT2D eigenvalue weighted by Gasteiger charge is -2.22. The lowest BCUT2D eigenvalue weighted by Crippen LogP contribution is -2.40. The van der Waals surface area contributed by atoms with Crippen LogP contribution < -0.4 is 5.32 Å². The lowest BCUT2D eigenvalue weighted by atomic mass is 9.96. The number of benzene rings is 1. The molecular formula is C14H21ClIN3. The van der Waals surface area contributed by atoms with Crippen LogP contribution in [-0.4, -0.2) is 38.5 Å². The normalized spacial score (nSPS) is 16.5. The Morgan fingerprint density at radius 3 is 2.58 bits per heavy atom. The Hall–Kier alpha value is -0.490. The van der Waals surface area contributed by atoms with Gasteiger partial charge in [-0.25, -0.2) is 0 Å². The van der Waals surface area contributed by atoms with Crippen molar-refractivity contribution in [3.8, 4) is 0 Å². The van der Waals surface area contributed by atoms with Crippen molar-refractivity contribution < 1.29 is 0 Å². The van der Waals surface area contributed by atoms with Crippen molar-refractivity contribution in [2.24, 2.45) is 4.99 Å². The average molecular weight is 394 g/mol. The van der Waals surface area contributed by atoms with E-state index < -0.39 is 0 Å². The highest BCUT2D eigenvalue weighted by Gasteiger charge is 2.44. The molecule has 1 fully saturated rings. The summed E-state index contributed by atoms with van der Waals surface area (Å²) < 4.78 is 0. The van der Waals surface area contributed by atoms with E-state index in [-0.39, 0.29) is 29.4 Å². The van der Waals surface area contributed by atoms with Gasteiger partial charge in [-0.05, 0) is 30.5 Å². The molecule has 5 heteroatoms. The van der Waals surface area contributed by atoms with Crippen molar-refractivity contribution in [1.82, 2.24) is 10.2 Å². The van der Waals surface area contributed by atoms with E-state index >= 15 is 0 Å². The third-order valence-electron chi connectivity index (χ3n) is 3.51. The Kier molecular flexibility index (Phi) is 5.92. The van der Waals surface area contributed by atoms with Crippen LogP contribution in [0.15, 0.2) is 29.3 Å². The minimum Gasteiger partial charge on any atom is -0.355 e. The first-order valence-electron chi connectivity index (χ1n) is 6.21. The first-order chi connectivity index (χ1) is 8.57. The zero-order valence-electron chi connectivity index (χ0n) is 11.6. The summed E-state index contributed by atoms with van der Waals surface area (Å²) in [7, 11) is 5.80. The molecule has 0 atom stereocenters. The van der Waals surface area contributed by atoms with Crippen LogP contribution >= 0.6 is 35.6 Å². The molecule has 1 N–H and O–H groups in total. The van der Waals surface area contributed by atoms with Crippen molar-refractivity contribution in [2.45, 2.75) is 18.3 Å². The Morgan fingerprint density at radius 1 is 1.42 bits per heavy atom. The summed E-state index contributed by atoms with van der Waals surface area (Å²) in [6.45, 7) is 0.915. The Labute approximate surface area is 137 Å². The predicted octanol–water partition coefficient (Wildman–Crippen LogP) is 3.13. The van der Waals surface area contributed by atoms with E-state index in [1.165, 1.54) is 18.4 Å². The molecule has 0 bridgehead atoms. The fraction of sp³-hybridized carbons (Fsp3) is 0.500. The first kappa shape index (κ1) is 16.6. The van der Waals surface area contributed by atoms with Crippen LogP contribution in [0.3, 0.4) is 0 Å². The van der Waals surface area contributed by atoms with Gasteiger partial charge in [0.05, 0.1) is 0 Å². The summed E-state index contributed by atoms with van der Waals surface area (Å²) in [5.41, 5.74) is 1.58. The molecule has 106 valence electrons. The van der Waals surface area contributed by atoms with Crippen LogP contribution in [0.5, 0.6) is 0 Å². The molecule has 19 heavy (non-hydrogen) atoms. The zero-order valence-corrected chi connectivity index (χ0v) is 14.7. The zero-order chi connectivity index (χ0) is 13.2. The highest BCUT2D eigenvalue weighted by molar-refractivity contribution is 14.0. The number of hydrogen-bond donors (Lipinski definition) is 1. The van der Waals surface area contributed by atoms with Crippen LogP contribution in [0.1, 0.15) is 18.4 Å². The van der Waals surface area contributed by atoms with Crippen LogP contribution in [0.2, 0.25) is 5.02 Å². The van der Waals surface area contributed by atoms with Crippen LogP contribution in [0.4, 0.5) is 0 Å². The predicted molar refractivity (Wildman–Crippen MR) is 92.8 cm³/mol. The summed E-state index contributed by atoms with van der Waals surface area (Å²) in [4.78, 5) is 6.23. The minimum absolute atomic E-state index is 0. The monoisotopic (exact) mass is 393 g/mol. The third kappa shape index (κ3) is 3.99. The molecule has 0 unspecified atom stereocenters. The summed E-state index contributed by atoms with van der Waals surface area (Å²) >= 11 is 6.07. The van der Waals surface area contributed by atoms with Crippen molar-refractivity contribution in [1.29, 1.82) is 0 Å². The van der Waals surface area contributed by atoms with Gasteiger partial charge in [0.15, 0.2) is 5.96 Å². The van der Waals surface area contributed by atoms with Gasteiger partial charge in [0.1, 0.15) is 0 Å². The molecule has 0 heterocycles. The Morgan fingerprint density at radius 2 is 2.11 bits per heavy atom. The molecular weight excluding hydrogens is 373 g/mol. The average Bonchev–Trinajstić information content (AvgIpc) is 3.10. The highest BCUT2D eigenvalue weighted by atomic mass is 127. The smallest absolute Gasteiger partial charge is 0.193 e. The number of aliphatic imine (C=N–C) groups is 1. The molecule has 1 saturated carbocycles. The van der Waals surface area contributed by atoms with E-state index in [0.29, 0.717) is 0 Å². The molecule has 1 aliphatic carbocycles. The summed E-state index contributed by atoms with van der Waals surface area (Å²) in [6, 6.07) is 8.19. The molecule has 0 saturated heterocycles. The van der Waals surface area contributed by atoms with E-state index in [1.807, 2.05) is 31.1 Å². The molecule has 0 aliphatic heterocycles. The topological polar surface area (TPSA) is 27.6 Å². The Bertz CT molecular complexity index is 456. The second-order valence-corrected chi connectivity index (χ2v) is 5.52. The number of rotatable bonds is 3. The van der Waals surface area contributed by atoms with Gasteiger partial charge in [-0.1, -0.05) is 23.7 Å². The molecule has 0 spiro atoms. The molecule has 1 aromatic rings.